The number of oxazole rings is 1. The molecule has 1 aromatic heterocycles. The van der Waals surface area contributed by atoms with Gasteiger partial charge < -0.3 is 9.40 Å². The average molecular weight is 210 g/mol. The summed E-state index contributed by atoms with van der Waals surface area (Å²) in [6.07, 6.45) is 2.73. The van der Waals surface area contributed by atoms with E-state index in [1.54, 1.807) is 0 Å². The molecule has 0 fully saturated rings. The minimum atomic E-state index is 0. The molecule has 0 saturated carbocycles. The molecule has 0 bridgehead atoms. The van der Waals surface area contributed by atoms with E-state index in [2.05, 4.69) is 11.2 Å². The van der Waals surface area contributed by atoms with Gasteiger partial charge in [-0.3, -0.25) is 0 Å². The van der Waals surface area contributed by atoms with Crippen LogP contribution >= 0.6 is 0 Å². The molecular formula is C7H10NORb. The number of hydrogen-bond acceptors (Lipinski definition) is 2. The molecule has 0 aliphatic rings. The molecule has 10 heavy (non-hydrogen) atoms. The van der Waals surface area contributed by atoms with Crippen LogP contribution in [0.1, 0.15) is 31.4 Å². The van der Waals surface area contributed by atoms with Crippen LogP contribution in [0.4, 0.5) is 0 Å². The van der Waals surface area contributed by atoms with Crippen LogP contribution in [-0.2, 0) is 0 Å². The molecule has 0 radical (unpaired) electrons. The number of aryl methyl sites for hydroxylation is 1. The second kappa shape index (κ2) is 4.81. The summed E-state index contributed by atoms with van der Waals surface area (Å²) in [5.74, 6) is 1.90. The third-order valence-electron chi connectivity index (χ3n) is 1.08. The first-order valence-electron chi connectivity index (χ1n) is 3.05. The van der Waals surface area contributed by atoms with Crippen molar-refractivity contribution in [2.45, 2.75) is 26.7 Å². The van der Waals surface area contributed by atoms with Gasteiger partial charge in [-0.2, -0.15) is 0 Å². The molecule has 0 saturated heterocycles. The van der Waals surface area contributed by atoms with Gasteiger partial charge in [0.2, 0.25) is 0 Å². The Morgan fingerprint density at radius 1 is 1.50 bits per heavy atom. The van der Waals surface area contributed by atoms with E-state index < -0.39 is 0 Å². The van der Waals surface area contributed by atoms with Gasteiger partial charge >= 0.3 is 58.2 Å². The fraction of sp³-hybridized carbons (Fsp3) is 0.571. The molecular weight excluding hydrogens is 200 g/mol. The van der Waals surface area contributed by atoms with Crippen molar-refractivity contribution in [3.63, 3.8) is 0 Å². The van der Waals surface area contributed by atoms with Gasteiger partial charge in [0.15, 0.2) is 0 Å². The molecule has 50 valence electrons. The van der Waals surface area contributed by atoms with Crippen molar-refractivity contribution in [3.8, 4) is 0 Å². The SMILES string of the molecule is Cc1[c-]nc(C(C)C)o1.[Rb+]. The van der Waals surface area contributed by atoms with E-state index in [1.807, 2.05) is 20.8 Å². The second-order valence-electron chi connectivity index (χ2n) is 2.37. The summed E-state index contributed by atoms with van der Waals surface area (Å²) in [5.41, 5.74) is 0. The monoisotopic (exact) mass is 209 g/mol. The zero-order valence-corrected chi connectivity index (χ0v) is 11.8. The molecule has 3 heteroatoms. The Balaban J connectivity index is 0.000000810. The molecule has 1 heterocycles. The van der Waals surface area contributed by atoms with Gasteiger partial charge in [-0.05, 0) is 12.8 Å². The smallest absolute Gasteiger partial charge is 0.550 e. The van der Waals surface area contributed by atoms with Crippen LogP contribution < -0.4 is 58.2 Å². The van der Waals surface area contributed by atoms with Crippen LogP contribution in [0.25, 0.3) is 0 Å². The molecule has 0 aromatic carbocycles. The minimum absolute atomic E-state index is 0. The quantitative estimate of drug-likeness (QED) is 0.550. The molecule has 0 N–H and O–H groups in total. The van der Waals surface area contributed by atoms with E-state index in [1.165, 1.54) is 0 Å². The first-order valence-corrected chi connectivity index (χ1v) is 3.05. The van der Waals surface area contributed by atoms with Crippen molar-refractivity contribution < 1.29 is 62.6 Å². The second-order valence-corrected chi connectivity index (χ2v) is 2.37. The standard InChI is InChI=1S/C7H10NO.Rb/c1-5(2)7-8-4-6(3)9-7;/h5H,1-3H3;/q-1;+1. The maximum absolute atomic E-state index is 5.18. The normalized spacial score (nSPS) is 9.60. The van der Waals surface area contributed by atoms with E-state index >= 15 is 0 Å². The zero-order chi connectivity index (χ0) is 6.85. The Kier molecular flexibility index (Phi) is 5.29. The maximum Gasteiger partial charge on any atom is 1.00 e. The predicted molar refractivity (Wildman–Crippen MR) is 34.2 cm³/mol. The summed E-state index contributed by atoms with van der Waals surface area (Å²) in [5, 5.41) is 0. The van der Waals surface area contributed by atoms with Gasteiger partial charge in [-0.25, -0.2) is 0 Å². The van der Waals surface area contributed by atoms with Gasteiger partial charge in [0.1, 0.15) is 0 Å². The molecule has 0 aliphatic carbocycles. The Morgan fingerprint density at radius 3 is 2.30 bits per heavy atom. The van der Waals surface area contributed by atoms with Gasteiger partial charge in [-0.1, -0.05) is 13.8 Å². The Labute approximate surface area is 110 Å². The fourth-order valence-corrected chi connectivity index (χ4v) is 0.583. The van der Waals surface area contributed by atoms with E-state index in [0.717, 1.165) is 11.7 Å². The molecule has 0 spiro atoms. The van der Waals surface area contributed by atoms with E-state index in [-0.39, 0.29) is 58.2 Å². The first-order chi connectivity index (χ1) is 4.20. The molecule has 0 atom stereocenters. The fourth-order valence-electron chi connectivity index (χ4n) is 0.583. The van der Waals surface area contributed by atoms with Gasteiger partial charge in [-0.15, -0.1) is 6.20 Å². The van der Waals surface area contributed by atoms with Crippen LogP contribution in [0.2, 0.25) is 0 Å². The number of hydrogen-bond donors (Lipinski definition) is 0. The summed E-state index contributed by atoms with van der Waals surface area (Å²) < 4.78 is 5.18. The zero-order valence-electron chi connectivity index (χ0n) is 6.93. The van der Waals surface area contributed by atoms with Crippen molar-refractivity contribution in [1.82, 2.24) is 4.98 Å². The van der Waals surface area contributed by atoms with Gasteiger partial charge in [0.25, 0.3) is 0 Å². The third-order valence-corrected chi connectivity index (χ3v) is 1.08. The third kappa shape index (κ3) is 2.95. The summed E-state index contributed by atoms with van der Waals surface area (Å²) in [6, 6.07) is 0. The Bertz CT molecular complexity index is 195. The molecule has 0 unspecified atom stereocenters. The molecule has 2 nitrogen and oxygen atoms in total. The van der Waals surface area contributed by atoms with Crippen LogP contribution in [0.3, 0.4) is 0 Å². The van der Waals surface area contributed by atoms with Crippen LogP contribution in [0, 0.1) is 13.1 Å². The van der Waals surface area contributed by atoms with Crippen LogP contribution in [0.15, 0.2) is 4.42 Å². The number of nitrogens with zero attached hydrogens (tertiary/aromatic N) is 1. The molecule has 1 aromatic rings. The minimum Gasteiger partial charge on any atom is -0.550 e. The summed E-state index contributed by atoms with van der Waals surface area (Å²) >= 11 is 0. The predicted octanol–water partition coefficient (Wildman–Crippen LogP) is -1.09. The summed E-state index contributed by atoms with van der Waals surface area (Å²) in [4.78, 5) is 3.92. The van der Waals surface area contributed by atoms with Crippen LogP contribution in [-0.4, -0.2) is 4.98 Å². The van der Waals surface area contributed by atoms with Crippen molar-refractivity contribution in [2.24, 2.45) is 0 Å². The van der Waals surface area contributed by atoms with Gasteiger partial charge in [0.05, 0.1) is 0 Å². The molecule has 1 rings (SSSR count). The van der Waals surface area contributed by atoms with Crippen LogP contribution in [0.5, 0.6) is 0 Å². The first kappa shape index (κ1) is 11.0. The van der Waals surface area contributed by atoms with E-state index in [9.17, 15) is 0 Å². The average Bonchev–Trinajstić information content (AvgIpc) is 2.14. The number of aromatic nitrogens is 1. The molecule has 0 amide bonds. The Morgan fingerprint density at radius 2 is 2.10 bits per heavy atom. The maximum atomic E-state index is 5.18. The van der Waals surface area contributed by atoms with Crippen molar-refractivity contribution in [3.05, 3.63) is 17.8 Å². The Hall–Kier alpha value is 1.02. The van der Waals surface area contributed by atoms with Gasteiger partial charge in [0, 0.05) is 11.7 Å². The molecule has 0 aliphatic heterocycles. The van der Waals surface area contributed by atoms with Crippen molar-refractivity contribution in [1.29, 1.82) is 0 Å². The largest absolute Gasteiger partial charge is 1.00 e. The van der Waals surface area contributed by atoms with Crippen molar-refractivity contribution >= 4 is 0 Å². The summed E-state index contributed by atoms with van der Waals surface area (Å²) in [6.45, 7) is 5.93. The number of rotatable bonds is 1. The van der Waals surface area contributed by atoms with E-state index in [0.29, 0.717) is 5.92 Å². The van der Waals surface area contributed by atoms with E-state index in [4.69, 9.17) is 4.42 Å². The topological polar surface area (TPSA) is 26.0 Å². The summed E-state index contributed by atoms with van der Waals surface area (Å²) in [7, 11) is 0. The van der Waals surface area contributed by atoms with Crippen molar-refractivity contribution in [2.75, 3.05) is 0 Å².